The van der Waals surface area contributed by atoms with Gasteiger partial charge in [-0.25, -0.2) is 0 Å². The van der Waals surface area contributed by atoms with Crippen LogP contribution >= 0.6 is 0 Å². The predicted octanol–water partition coefficient (Wildman–Crippen LogP) is 4.15. The average molecular weight is 320 g/mol. The fraction of sp³-hybridized carbons (Fsp3) is 0.125. The van der Waals surface area contributed by atoms with Gasteiger partial charge in [-0.2, -0.15) is 18.4 Å². The number of carbonyl (C=O) groups excluding carboxylic acids is 1. The number of aryl methyl sites for hydroxylation is 1. The Balaban J connectivity index is 2.21. The van der Waals surface area contributed by atoms with Gasteiger partial charge in [0.15, 0.2) is 0 Å². The summed E-state index contributed by atoms with van der Waals surface area (Å²) in [5, 5.41) is 11.3. The quantitative estimate of drug-likeness (QED) is 0.682. The molecule has 1 aromatic carbocycles. The van der Waals surface area contributed by atoms with Crippen LogP contribution in [-0.4, -0.2) is 5.91 Å². The zero-order chi connectivity index (χ0) is 17.0. The number of carbonyl (C=O) groups is 1. The first kappa shape index (κ1) is 16.4. The van der Waals surface area contributed by atoms with E-state index in [4.69, 9.17) is 9.68 Å². The molecular formula is C16H11F3N2O2. The van der Waals surface area contributed by atoms with Crippen LogP contribution in [0.1, 0.15) is 17.1 Å². The Hall–Kier alpha value is -3.01. The number of benzene rings is 1. The van der Waals surface area contributed by atoms with Crippen molar-refractivity contribution in [1.82, 2.24) is 0 Å². The number of rotatable bonds is 3. The molecule has 1 N–H and O–H groups in total. The molecule has 0 aliphatic heterocycles. The highest BCUT2D eigenvalue weighted by Crippen LogP contribution is 2.30. The van der Waals surface area contributed by atoms with Gasteiger partial charge in [0, 0.05) is 11.8 Å². The summed E-state index contributed by atoms with van der Waals surface area (Å²) in [5.74, 6) is 0.0888. The summed E-state index contributed by atoms with van der Waals surface area (Å²) < 4.78 is 43.1. The van der Waals surface area contributed by atoms with Gasteiger partial charge < -0.3 is 9.73 Å². The van der Waals surface area contributed by atoms with E-state index in [-0.39, 0.29) is 11.3 Å². The third-order valence-electron chi connectivity index (χ3n) is 2.86. The summed E-state index contributed by atoms with van der Waals surface area (Å²) in [7, 11) is 0. The normalized spacial score (nSPS) is 11.9. The molecule has 0 spiro atoms. The number of hydrogen-bond donors (Lipinski definition) is 1. The van der Waals surface area contributed by atoms with Crippen LogP contribution in [0.3, 0.4) is 0 Å². The first-order valence-corrected chi connectivity index (χ1v) is 6.46. The second kappa shape index (κ2) is 6.40. The topological polar surface area (TPSA) is 66.0 Å². The molecule has 0 fully saturated rings. The molecule has 2 rings (SSSR count). The Labute approximate surface area is 129 Å². The van der Waals surface area contributed by atoms with E-state index in [0.717, 1.165) is 12.1 Å². The third kappa shape index (κ3) is 4.23. The summed E-state index contributed by atoms with van der Waals surface area (Å²) in [6.45, 7) is 1.70. The lowest BCUT2D eigenvalue weighted by atomic mass is 10.1. The van der Waals surface area contributed by atoms with Crippen molar-refractivity contribution in [2.45, 2.75) is 13.1 Å². The van der Waals surface area contributed by atoms with Gasteiger partial charge in [0.25, 0.3) is 5.91 Å². The van der Waals surface area contributed by atoms with Crippen molar-refractivity contribution in [3.8, 4) is 6.07 Å². The highest BCUT2D eigenvalue weighted by molar-refractivity contribution is 6.09. The number of amides is 1. The van der Waals surface area contributed by atoms with E-state index >= 15 is 0 Å². The van der Waals surface area contributed by atoms with E-state index < -0.39 is 17.6 Å². The second-order valence-corrected chi connectivity index (χ2v) is 4.65. The van der Waals surface area contributed by atoms with Crippen molar-refractivity contribution in [2.24, 2.45) is 0 Å². The van der Waals surface area contributed by atoms with Crippen molar-refractivity contribution in [1.29, 1.82) is 5.26 Å². The molecule has 0 atom stereocenters. The molecular weight excluding hydrogens is 309 g/mol. The lowest BCUT2D eigenvalue weighted by molar-refractivity contribution is -0.137. The van der Waals surface area contributed by atoms with Gasteiger partial charge in [-0.1, -0.05) is 6.07 Å². The Kier molecular flexibility index (Phi) is 4.55. The smallest absolute Gasteiger partial charge is 0.416 e. The number of nitriles is 1. The van der Waals surface area contributed by atoms with E-state index in [1.54, 1.807) is 25.1 Å². The van der Waals surface area contributed by atoms with Crippen molar-refractivity contribution < 1.29 is 22.4 Å². The van der Waals surface area contributed by atoms with Gasteiger partial charge in [0.05, 0.1) is 5.56 Å². The Bertz CT molecular complexity index is 798. The highest BCUT2D eigenvalue weighted by Gasteiger charge is 2.30. The zero-order valence-electron chi connectivity index (χ0n) is 11.9. The number of hydrogen-bond acceptors (Lipinski definition) is 3. The van der Waals surface area contributed by atoms with Gasteiger partial charge in [0.2, 0.25) is 0 Å². The number of alkyl halides is 3. The standard InChI is InChI=1S/C16H11F3N2O2/c1-10-5-6-14(23-10)7-11(9-20)15(22)21-13-4-2-3-12(8-13)16(17,18)19/h2-8H,1H3,(H,21,22)/b11-7-. The van der Waals surface area contributed by atoms with Crippen LogP contribution in [0.2, 0.25) is 0 Å². The number of furan rings is 1. The molecule has 0 radical (unpaired) electrons. The summed E-state index contributed by atoms with van der Waals surface area (Å²) in [6.07, 6.45) is -3.30. The largest absolute Gasteiger partial charge is 0.462 e. The lowest BCUT2D eigenvalue weighted by Crippen LogP contribution is -2.14. The van der Waals surface area contributed by atoms with Gasteiger partial charge in [-0.15, -0.1) is 0 Å². The van der Waals surface area contributed by atoms with Crippen LogP contribution < -0.4 is 5.32 Å². The summed E-state index contributed by atoms with van der Waals surface area (Å²) in [6, 6.07) is 9.09. The fourth-order valence-electron chi connectivity index (χ4n) is 1.79. The molecule has 23 heavy (non-hydrogen) atoms. The number of anilines is 1. The van der Waals surface area contributed by atoms with Crippen molar-refractivity contribution >= 4 is 17.7 Å². The van der Waals surface area contributed by atoms with Crippen LogP contribution in [0.5, 0.6) is 0 Å². The zero-order valence-corrected chi connectivity index (χ0v) is 11.9. The highest BCUT2D eigenvalue weighted by atomic mass is 19.4. The number of nitrogens with one attached hydrogen (secondary N) is 1. The van der Waals surface area contributed by atoms with Gasteiger partial charge >= 0.3 is 6.18 Å². The molecule has 2 aromatic rings. The SMILES string of the molecule is Cc1ccc(/C=C(/C#N)C(=O)Nc2cccc(C(F)(F)F)c2)o1. The van der Waals surface area contributed by atoms with E-state index in [0.29, 0.717) is 11.5 Å². The van der Waals surface area contributed by atoms with Crippen molar-refractivity contribution in [3.63, 3.8) is 0 Å². The number of halogens is 3. The lowest BCUT2D eigenvalue weighted by Gasteiger charge is -2.09. The van der Waals surface area contributed by atoms with E-state index in [2.05, 4.69) is 5.32 Å². The molecule has 4 nitrogen and oxygen atoms in total. The van der Waals surface area contributed by atoms with Crippen molar-refractivity contribution in [3.05, 3.63) is 59.1 Å². The minimum atomic E-state index is -4.51. The summed E-state index contributed by atoms with van der Waals surface area (Å²) in [4.78, 5) is 12.0. The van der Waals surface area contributed by atoms with Gasteiger partial charge in [-0.05, 0) is 37.3 Å². The van der Waals surface area contributed by atoms with E-state index in [1.165, 1.54) is 18.2 Å². The molecule has 0 saturated carbocycles. The molecule has 0 saturated heterocycles. The van der Waals surface area contributed by atoms with Crippen LogP contribution in [0.25, 0.3) is 6.08 Å². The molecule has 0 aliphatic rings. The molecule has 1 amide bonds. The maximum atomic E-state index is 12.6. The molecule has 1 aromatic heterocycles. The first-order valence-electron chi connectivity index (χ1n) is 6.46. The molecule has 118 valence electrons. The minimum Gasteiger partial charge on any atom is -0.462 e. The monoisotopic (exact) mass is 320 g/mol. The third-order valence-corrected chi connectivity index (χ3v) is 2.86. The Morgan fingerprint density at radius 1 is 1.30 bits per heavy atom. The molecule has 1 heterocycles. The maximum absolute atomic E-state index is 12.6. The number of nitrogens with zero attached hydrogens (tertiary/aromatic N) is 1. The fourth-order valence-corrected chi connectivity index (χ4v) is 1.79. The predicted molar refractivity (Wildman–Crippen MR) is 77.1 cm³/mol. The molecule has 0 aliphatic carbocycles. The van der Waals surface area contributed by atoms with Crippen LogP contribution in [0, 0.1) is 18.3 Å². The molecule has 0 unspecified atom stereocenters. The Morgan fingerprint density at radius 3 is 2.61 bits per heavy atom. The van der Waals surface area contributed by atoms with Crippen molar-refractivity contribution in [2.75, 3.05) is 5.32 Å². The minimum absolute atomic E-state index is 0.0541. The van der Waals surface area contributed by atoms with Crippen LogP contribution in [0.15, 0.2) is 46.4 Å². The average Bonchev–Trinajstić information content (AvgIpc) is 2.89. The van der Waals surface area contributed by atoms with E-state index in [9.17, 15) is 18.0 Å². The first-order chi connectivity index (χ1) is 10.8. The Morgan fingerprint density at radius 2 is 2.04 bits per heavy atom. The maximum Gasteiger partial charge on any atom is 0.416 e. The van der Waals surface area contributed by atoms with E-state index in [1.807, 2.05) is 0 Å². The molecule has 7 heteroatoms. The van der Waals surface area contributed by atoms with Crippen LogP contribution in [0.4, 0.5) is 18.9 Å². The second-order valence-electron chi connectivity index (χ2n) is 4.65. The summed E-state index contributed by atoms with van der Waals surface area (Å²) >= 11 is 0. The van der Waals surface area contributed by atoms with Gasteiger partial charge in [-0.3, -0.25) is 4.79 Å². The van der Waals surface area contributed by atoms with Crippen LogP contribution in [-0.2, 0) is 11.0 Å². The summed E-state index contributed by atoms with van der Waals surface area (Å²) in [5.41, 5.74) is -1.22. The van der Waals surface area contributed by atoms with Gasteiger partial charge in [0.1, 0.15) is 23.2 Å². The molecule has 0 bridgehead atoms.